The smallest absolute Gasteiger partial charge is 0.147 e. The Morgan fingerprint density at radius 3 is 2.56 bits per heavy atom. The number of piperidine rings is 1. The standard InChI is InChI=1S/C13H17BrF2N2/c1-2-17-9-3-5-18(6-4-9)13-8-11(15)10(14)7-12(13)16/h7-9,17H,2-6H2,1H3. The van der Waals surface area contributed by atoms with Gasteiger partial charge in [-0.3, -0.25) is 0 Å². The molecule has 0 spiro atoms. The SMILES string of the molecule is CCNC1CCN(c2cc(F)c(Br)cc2F)CC1. The fourth-order valence-corrected chi connectivity index (χ4v) is 2.68. The first-order valence-corrected chi connectivity index (χ1v) is 7.04. The summed E-state index contributed by atoms with van der Waals surface area (Å²) in [5.74, 6) is -0.787. The molecule has 1 aliphatic rings. The van der Waals surface area contributed by atoms with Gasteiger partial charge in [0.15, 0.2) is 0 Å². The van der Waals surface area contributed by atoms with Crippen LogP contribution in [0.5, 0.6) is 0 Å². The summed E-state index contributed by atoms with van der Waals surface area (Å²) in [5, 5.41) is 3.39. The quantitative estimate of drug-likeness (QED) is 0.860. The van der Waals surface area contributed by atoms with Gasteiger partial charge in [-0.25, -0.2) is 8.78 Å². The van der Waals surface area contributed by atoms with E-state index in [9.17, 15) is 8.78 Å². The Balaban J connectivity index is 2.07. The molecule has 18 heavy (non-hydrogen) atoms. The third-order valence-corrected chi connectivity index (χ3v) is 3.93. The number of rotatable bonds is 3. The Hall–Kier alpha value is -0.680. The van der Waals surface area contributed by atoms with Gasteiger partial charge in [-0.15, -0.1) is 0 Å². The normalized spacial score (nSPS) is 17.2. The summed E-state index contributed by atoms with van der Waals surface area (Å²) < 4.78 is 27.4. The molecular formula is C13H17BrF2N2. The zero-order chi connectivity index (χ0) is 13.1. The average molecular weight is 319 g/mol. The largest absolute Gasteiger partial charge is 0.369 e. The molecule has 0 saturated carbocycles. The van der Waals surface area contributed by atoms with Gasteiger partial charge in [0.2, 0.25) is 0 Å². The number of anilines is 1. The fraction of sp³-hybridized carbons (Fsp3) is 0.538. The number of hydrogen-bond acceptors (Lipinski definition) is 2. The van der Waals surface area contributed by atoms with E-state index in [1.807, 2.05) is 4.90 Å². The van der Waals surface area contributed by atoms with E-state index in [0.717, 1.165) is 32.5 Å². The van der Waals surface area contributed by atoms with E-state index < -0.39 is 5.82 Å². The lowest BCUT2D eigenvalue weighted by atomic mass is 10.0. The van der Waals surface area contributed by atoms with Crippen LogP contribution in [-0.2, 0) is 0 Å². The van der Waals surface area contributed by atoms with Crippen molar-refractivity contribution in [3.63, 3.8) is 0 Å². The van der Waals surface area contributed by atoms with E-state index in [1.165, 1.54) is 12.1 Å². The minimum absolute atomic E-state index is 0.172. The van der Waals surface area contributed by atoms with Gasteiger partial charge >= 0.3 is 0 Å². The average Bonchev–Trinajstić information content (AvgIpc) is 2.35. The van der Waals surface area contributed by atoms with Crippen LogP contribution in [0.3, 0.4) is 0 Å². The molecule has 0 aromatic heterocycles. The van der Waals surface area contributed by atoms with Crippen molar-refractivity contribution in [1.29, 1.82) is 0 Å². The minimum Gasteiger partial charge on any atom is -0.369 e. The molecule has 0 radical (unpaired) electrons. The van der Waals surface area contributed by atoms with E-state index in [1.54, 1.807) is 0 Å². The maximum atomic E-state index is 13.8. The molecule has 2 rings (SSSR count). The Labute approximate surface area is 114 Å². The number of halogens is 3. The highest BCUT2D eigenvalue weighted by atomic mass is 79.9. The van der Waals surface area contributed by atoms with E-state index in [-0.39, 0.29) is 10.3 Å². The molecule has 100 valence electrons. The zero-order valence-corrected chi connectivity index (χ0v) is 11.9. The highest BCUT2D eigenvalue weighted by molar-refractivity contribution is 9.10. The van der Waals surface area contributed by atoms with Gasteiger partial charge in [0.25, 0.3) is 0 Å². The van der Waals surface area contributed by atoms with Crippen molar-refractivity contribution in [3.8, 4) is 0 Å². The Kier molecular flexibility index (Phi) is 4.56. The van der Waals surface area contributed by atoms with Crippen molar-refractivity contribution in [2.45, 2.75) is 25.8 Å². The van der Waals surface area contributed by atoms with Gasteiger partial charge < -0.3 is 10.2 Å². The highest BCUT2D eigenvalue weighted by Gasteiger charge is 2.21. The first-order valence-electron chi connectivity index (χ1n) is 6.24. The maximum Gasteiger partial charge on any atom is 0.147 e. The summed E-state index contributed by atoms with van der Waals surface area (Å²) >= 11 is 2.99. The summed E-state index contributed by atoms with van der Waals surface area (Å²) in [6.07, 6.45) is 1.93. The molecule has 0 unspecified atom stereocenters. The van der Waals surface area contributed by atoms with Crippen LogP contribution in [0.15, 0.2) is 16.6 Å². The predicted octanol–water partition coefficient (Wildman–Crippen LogP) is 3.31. The molecule has 0 atom stereocenters. The second kappa shape index (κ2) is 5.97. The third kappa shape index (κ3) is 3.01. The highest BCUT2D eigenvalue weighted by Crippen LogP contribution is 2.28. The van der Waals surface area contributed by atoms with Crippen LogP contribution in [-0.4, -0.2) is 25.7 Å². The molecule has 1 N–H and O–H groups in total. The van der Waals surface area contributed by atoms with Crippen molar-refractivity contribution >= 4 is 21.6 Å². The van der Waals surface area contributed by atoms with Crippen molar-refractivity contribution in [3.05, 3.63) is 28.2 Å². The molecule has 5 heteroatoms. The van der Waals surface area contributed by atoms with Crippen molar-refractivity contribution in [2.24, 2.45) is 0 Å². The molecule has 1 saturated heterocycles. The third-order valence-electron chi connectivity index (χ3n) is 3.32. The molecule has 1 aromatic rings. The molecule has 1 fully saturated rings. The molecule has 0 amide bonds. The molecule has 1 heterocycles. The lowest BCUT2D eigenvalue weighted by Crippen LogP contribution is -2.42. The van der Waals surface area contributed by atoms with Crippen molar-refractivity contribution in [2.75, 3.05) is 24.5 Å². The predicted molar refractivity (Wildman–Crippen MR) is 73.0 cm³/mol. The topological polar surface area (TPSA) is 15.3 Å². The van der Waals surface area contributed by atoms with Crippen LogP contribution in [0.1, 0.15) is 19.8 Å². The number of benzene rings is 1. The second-order valence-electron chi connectivity index (χ2n) is 4.54. The molecule has 2 nitrogen and oxygen atoms in total. The van der Waals surface area contributed by atoms with Crippen LogP contribution in [0.25, 0.3) is 0 Å². The van der Waals surface area contributed by atoms with Gasteiger partial charge in [-0.2, -0.15) is 0 Å². The Bertz CT molecular complexity index is 418. The lowest BCUT2D eigenvalue weighted by Gasteiger charge is -2.34. The molecular weight excluding hydrogens is 302 g/mol. The summed E-state index contributed by atoms with van der Waals surface area (Å²) in [6.45, 7) is 4.55. The summed E-state index contributed by atoms with van der Waals surface area (Å²) in [4.78, 5) is 1.92. The summed E-state index contributed by atoms with van der Waals surface area (Å²) in [5.41, 5.74) is 0.366. The fourth-order valence-electron chi connectivity index (χ4n) is 2.37. The first kappa shape index (κ1) is 13.7. The van der Waals surface area contributed by atoms with Gasteiger partial charge in [0, 0.05) is 25.2 Å². The monoisotopic (exact) mass is 318 g/mol. The summed E-state index contributed by atoms with van der Waals surface area (Å²) in [6, 6.07) is 2.96. The Morgan fingerprint density at radius 1 is 1.28 bits per heavy atom. The molecule has 1 aliphatic heterocycles. The van der Waals surface area contributed by atoms with Gasteiger partial charge in [0.1, 0.15) is 11.6 Å². The summed E-state index contributed by atoms with van der Waals surface area (Å²) in [7, 11) is 0. The van der Waals surface area contributed by atoms with Crippen LogP contribution in [0.2, 0.25) is 0 Å². The zero-order valence-electron chi connectivity index (χ0n) is 10.3. The number of nitrogens with one attached hydrogen (secondary N) is 1. The number of nitrogens with zero attached hydrogens (tertiary/aromatic N) is 1. The lowest BCUT2D eigenvalue weighted by molar-refractivity contribution is 0.420. The van der Waals surface area contributed by atoms with Crippen molar-refractivity contribution < 1.29 is 8.78 Å². The maximum absolute atomic E-state index is 13.8. The van der Waals surface area contributed by atoms with Crippen LogP contribution >= 0.6 is 15.9 Å². The molecule has 0 aliphatic carbocycles. The van der Waals surface area contributed by atoms with Crippen LogP contribution in [0.4, 0.5) is 14.5 Å². The Morgan fingerprint density at radius 2 is 1.94 bits per heavy atom. The van der Waals surface area contributed by atoms with Crippen LogP contribution in [0, 0.1) is 11.6 Å². The second-order valence-corrected chi connectivity index (χ2v) is 5.39. The van der Waals surface area contributed by atoms with E-state index in [0.29, 0.717) is 11.7 Å². The molecule has 1 aromatic carbocycles. The minimum atomic E-state index is -0.416. The van der Waals surface area contributed by atoms with Gasteiger partial charge in [0.05, 0.1) is 10.2 Å². The van der Waals surface area contributed by atoms with E-state index >= 15 is 0 Å². The first-order chi connectivity index (χ1) is 8.61. The number of hydrogen-bond donors (Lipinski definition) is 1. The van der Waals surface area contributed by atoms with E-state index in [2.05, 4.69) is 28.2 Å². The van der Waals surface area contributed by atoms with Gasteiger partial charge in [-0.05, 0) is 41.4 Å². The van der Waals surface area contributed by atoms with E-state index in [4.69, 9.17) is 0 Å². The van der Waals surface area contributed by atoms with Crippen LogP contribution < -0.4 is 10.2 Å². The van der Waals surface area contributed by atoms with Gasteiger partial charge in [-0.1, -0.05) is 6.92 Å². The molecule has 0 bridgehead atoms. The van der Waals surface area contributed by atoms with Crippen molar-refractivity contribution in [1.82, 2.24) is 5.32 Å².